The van der Waals surface area contributed by atoms with E-state index in [4.69, 9.17) is 28.3 Å². The van der Waals surface area contributed by atoms with Gasteiger partial charge in [0.25, 0.3) is 0 Å². The Hall–Kier alpha value is -1.29. The molecule has 2 saturated heterocycles. The van der Waals surface area contributed by atoms with E-state index in [1.54, 1.807) is 23.1 Å². The zero-order valence-corrected chi connectivity index (χ0v) is 17.1. The van der Waals surface area contributed by atoms with Crippen LogP contribution in [-0.2, 0) is 19.4 Å². The van der Waals surface area contributed by atoms with E-state index in [1.807, 2.05) is 0 Å². The quantitative estimate of drug-likeness (QED) is 0.734. The molecule has 2 fully saturated rings. The summed E-state index contributed by atoms with van der Waals surface area (Å²) in [5.74, 6) is -1.48. The number of aliphatic carboxylic acids is 1. The molecule has 1 N–H and O–H groups in total. The van der Waals surface area contributed by atoms with Crippen molar-refractivity contribution in [1.29, 1.82) is 0 Å². The van der Waals surface area contributed by atoms with Crippen molar-refractivity contribution in [2.45, 2.75) is 30.6 Å². The SMILES string of the molecule is O=C(O)CCCC(=O)N=C1SC2CS(=O)(=O)CC2N1c1cc(Cl)ccc1Cl. The van der Waals surface area contributed by atoms with Crippen LogP contribution in [0.15, 0.2) is 23.2 Å². The van der Waals surface area contributed by atoms with Crippen LogP contribution in [0.5, 0.6) is 0 Å². The van der Waals surface area contributed by atoms with E-state index in [1.165, 1.54) is 11.8 Å². The first-order valence-electron chi connectivity index (χ1n) is 8.11. The minimum atomic E-state index is -3.19. The Labute approximate surface area is 170 Å². The summed E-state index contributed by atoms with van der Waals surface area (Å²) in [6.07, 6.45) is 0.0763. The molecule has 2 unspecified atom stereocenters. The zero-order chi connectivity index (χ0) is 19.8. The minimum Gasteiger partial charge on any atom is -0.481 e. The molecule has 7 nitrogen and oxygen atoms in total. The molecule has 0 saturated carbocycles. The second-order valence-electron chi connectivity index (χ2n) is 6.30. The van der Waals surface area contributed by atoms with Gasteiger partial charge in [-0.05, 0) is 24.6 Å². The molecule has 0 radical (unpaired) electrons. The second-order valence-corrected chi connectivity index (χ2v) is 10.5. The van der Waals surface area contributed by atoms with E-state index in [0.717, 1.165) is 0 Å². The monoisotopic (exact) mass is 450 g/mol. The normalized spacial score (nSPS) is 25.0. The van der Waals surface area contributed by atoms with Gasteiger partial charge in [0, 0.05) is 23.1 Å². The Bertz CT molecular complexity index is 919. The number of hydrogen-bond donors (Lipinski definition) is 1. The fraction of sp³-hybridized carbons (Fsp3) is 0.438. The number of amidine groups is 1. The number of fused-ring (bicyclic) bond motifs is 1. The van der Waals surface area contributed by atoms with Crippen molar-refractivity contribution < 1.29 is 23.1 Å². The van der Waals surface area contributed by atoms with Crippen LogP contribution in [0.1, 0.15) is 19.3 Å². The first-order chi connectivity index (χ1) is 12.7. The molecule has 2 heterocycles. The summed E-state index contributed by atoms with van der Waals surface area (Å²) in [6, 6.07) is 4.45. The molecule has 0 aliphatic carbocycles. The molecule has 11 heteroatoms. The van der Waals surface area contributed by atoms with Gasteiger partial charge in [0.1, 0.15) is 0 Å². The van der Waals surface area contributed by atoms with Crippen molar-refractivity contribution in [1.82, 2.24) is 0 Å². The van der Waals surface area contributed by atoms with Gasteiger partial charge in [-0.3, -0.25) is 9.59 Å². The molecule has 0 spiro atoms. The minimum absolute atomic E-state index is 0.00110. The second kappa shape index (κ2) is 7.98. The zero-order valence-electron chi connectivity index (χ0n) is 14.0. The van der Waals surface area contributed by atoms with Crippen LogP contribution in [-0.4, -0.2) is 53.4 Å². The van der Waals surface area contributed by atoms with Crippen molar-refractivity contribution >= 4 is 67.5 Å². The molecule has 2 aliphatic heterocycles. The Kier molecular flexibility index (Phi) is 6.05. The van der Waals surface area contributed by atoms with E-state index >= 15 is 0 Å². The summed E-state index contributed by atoms with van der Waals surface area (Å²) in [4.78, 5) is 28.5. The van der Waals surface area contributed by atoms with E-state index < -0.39 is 21.7 Å². The number of thioether (sulfide) groups is 1. The predicted octanol–water partition coefficient (Wildman–Crippen LogP) is 2.85. The van der Waals surface area contributed by atoms with Crippen LogP contribution >= 0.6 is 35.0 Å². The first-order valence-corrected chi connectivity index (χ1v) is 11.6. The molecule has 146 valence electrons. The first kappa shape index (κ1) is 20.4. The predicted molar refractivity (Wildman–Crippen MR) is 107 cm³/mol. The summed E-state index contributed by atoms with van der Waals surface area (Å²) in [6.45, 7) is 0. The van der Waals surface area contributed by atoms with Crippen molar-refractivity contribution in [3.8, 4) is 0 Å². The summed E-state index contributed by atoms with van der Waals surface area (Å²) >= 11 is 13.6. The van der Waals surface area contributed by atoms with E-state index in [9.17, 15) is 18.0 Å². The van der Waals surface area contributed by atoms with Gasteiger partial charge in [-0.25, -0.2) is 8.42 Å². The summed E-state index contributed by atoms with van der Waals surface area (Å²) < 4.78 is 24.1. The number of anilines is 1. The number of hydrogen-bond acceptors (Lipinski definition) is 5. The standard InChI is InChI=1S/C16H16Cl2N2O5S2/c17-9-4-5-10(18)11(6-9)20-12-7-27(24,25)8-13(12)26-16(20)19-14(21)2-1-3-15(22)23/h4-6,12-13H,1-3,7-8H2,(H,22,23). The van der Waals surface area contributed by atoms with Gasteiger partial charge in [-0.1, -0.05) is 35.0 Å². The average Bonchev–Trinajstić information content (AvgIpc) is 3.00. The maximum absolute atomic E-state index is 12.2. The number of carboxylic acid groups (broad SMARTS) is 1. The number of rotatable bonds is 5. The maximum Gasteiger partial charge on any atom is 0.303 e. The fourth-order valence-electron chi connectivity index (χ4n) is 3.07. The highest BCUT2D eigenvalue weighted by atomic mass is 35.5. The fourth-order valence-corrected chi connectivity index (χ4v) is 7.37. The van der Waals surface area contributed by atoms with Crippen LogP contribution in [0.3, 0.4) is 0 Å². The van der Waals surface area contributed by atoms with Crippen molar-refractivity contribution in [3.05, 3.63) is 28.2 Å². The topological polar surface area (TPSA) is 104 Å². The number of sulfone groups is 1. The third-order valence-corrected chi connectivity index (χ3v) is 8.00. The molecule has 2 atom stereocenters. The van der Waals surface area contributed by atoms with Crippen molar-refractivity contribution in [2.75, 3.05) is 16.4 Å². The number of carbonyl (C=O) groups is 2. The number of amides is 1. The Morgan fingerprint density at radius 2 is 2.00 bits per heavy atom. The average molecular weight is 451 g/mol. The molecular weight excluding hydrogens is 435 g/mol. The van der Waals surface area contributed by atoms with Crippen LogP contribution in [0.25, 0.3) is 0 Å². The highest BCUT2D eigenvalue weighted by molar-refractivity contribution is 8.16. The lowest BCUT2D eigenvalue weighted by Gasteiger charge is -2.25. The molecule has 0 aromatic heterocycles. The molecule has 1 amide bonds. The largest absolute Gasteiger partial charge is 0.481 e. The van der Waals surface area contributed by atoms with Gasteiger partial charge < -0.3 is 10.0 Å². The Morgan fingerprint density at radius 1 is 1.26 bits per heavy atom. The Balaban J connectivity index is 1.91. The number of carboxylic acids is 1. The van der Waals surface area contributed by atoms with Gasteiger partial charge in [-0.2, -0.15) is 4.99 Å². The molecule has 3 rings (SSSR count). The molecular formula is C16H16Cl2N2O5S2. The lowest BCUT2D eigenvalue weighted by Crippen LogP contribution is -2.38. The van der Waals surface area contributed by atoms with Crippen molar-refractivity contribution in [3.63, 3.8) is 0 Å². The number of aliphatic imine (C=N–C) groups is 1. The number of benzene rings is 1. The Morgan fingerprint density at radius 3 is 2.70 bits per heavy atom. The lowest BCUT2D eigenvalue weighted by atomic mass is 10.2. The highest BCUT2D eigenvalue weighted by Crippen LogP contribution is 2.43. The van der Waals surface area contributed by atoms with Gasteiger partial charge in [0.15, 0.2) is 15.0 Å². The molecule has 0 bridgehead atoms. The maximum atomic E-state index is 12.2. The van der Waals surface area contributed by atoms with E-state index in [0.29, 0.717) is 20.9 Å². The van der Waals surface area contributed by atoms with Gasteiger partial charge in [0.2, 0.25) is 5.91 Å². The van der Waals surface area contributed by atoms with Gasteiger partial charge >= 0.3 is 5.97 Å². The molecule has 1 aromatic carbocycles. The van der Waals surface area contributed by atoms with E-state index in [2.05, 4.69) is 4.99 Å². The van der Waals surface area contributed by atoms with Gasteiger partial charge in [0.05, 0.1) is 28.3 Å². The van der Waals surface area contributed by atoms with Crippen LogP contribution in [0, 0.1) is 0 Å². The van der Waals surface area contributed by atoms with Crippen LogP contribution in [0.4, 0.5) is 5.69 Å². The third kappa shape index (κ3) is 4.77. The molecule has 27 heavy (non-hydrogen) atoms. The number of halogens is 2. The summed E-state index contributed by atoms with van der Waals surface area (Å²) in [5, 5.41) is 9.58. The lowest BCUT2D eigenvalue weighted by molar-refractivity contribution is -0.137. The van der Waals surface area contributed by atoms with Crippen molar-refractivity contribution in [2.24, 2.45) is 4.99 Å². The highest BCUT2D eigenvalue weighted by Gasteiger charge is 2.49. The summed E-state index contributed by atoms with van der Waals surface area (Å²) in [7, 11) is -3.19. The van der Waals surface area contributed by atoms with Crippen LogP contribution < -0.4 is 4.90 Å². The number of carbonyl (C=O) groups excluding carboxylic acids is 1. The molecule has 2 aliphatic rings. The van der Waals surface area contributed by atoms with Gasteiger partial charge in [-0.15, -0.1) is 0 Å². The van der Waals surface area contributed by atoms with E-state index in [-0.39, 0.29) is 42.1 Å². The third-order valence-electron chi connectivity index (χ3n) is 4.24. The smallest absolute Gasteiger partial charge is 0.303 e. The van der Waals surface area contributed by atoms with Crippen LogP contribution in [0.2, 0.25) is 10.0 Å². The molecule has 1 aromatic rings. The number of nitrogens with zero attached hydrogens (tertiary/aromatic N) is 2. The summed E-state index contributed by atoms with van der Waals surface area (Å²) in [5.41, 5.74) is 0.498.